The van der Waals surface area contributed by atoms with Crippen molar-refractivity contribution in [2.75, 3.05) is 12.4 Å². The third-order valence-electron chi connectivity index (χ3n) is 4.54. The second-order valence-corrected chi connectivity index (χ2v) is 7.46. The molecule has 8 heteroatoms. The average molecular weight is 406 g/mol. The van der Waals surface area contributed by atoms with E-state index in [-0.39, 0.29) is 0 Å². The van der Waals surface area contributed by atoms with E-state index in [1.54, 1.807) is 37.8 Å². The van der Waals surface area contributed by atoms with Gasteiger partial charge in [-0.25, -0.2) is 9.67 Å². The number of hydrogen-bond donors (Lipinski definition) is 1. The fourth-order valence-electron chi connectivity index (χ4n) is 3.14. The summed E-state index contributed by atoms with van der Waals surface area (Å²) < 4.78 is 7.73. The molecule has 7 nitrogen and oxygen atoms in total. The zero-order chi connectivity index (χ0) is 20.5. The molecule has 0 aliphatic heterocycles. The summed E-state index contributed by atoms with van der Waals surface area (Å²) in [5, 5.41) is 7.40. The van der Waals surface area contributed by atoms with Crippen LogP contribution >= 0.6 is 11.3 Å². The Balaban J connectivity index is 1.60. The molecule has 0 aliphatic rings. The second kappa shape index (κ2) is 7.48. The maximum atomic E-state index is 12.8. The summed E-state index contributed by atoms with van der Waals surface area (Å²) in [6.45, 7) is 3.49. The summed E-state index contributed by atoms with van der Waals surface area (Å²) in [5.74, 6) is -0.677. The van der Waals surface area contributed by atoms with E-state index in [0.717, 1.165) is 15.9 Å². The Morgan fingerprint density at radius 3 is 2.59 bits per heavy atom. The van der Waals surface area contributed by atoms with E-state index >= 15 is 0 Å². The number of methoxy groups -OCH3 is 1. The van der Waals surface area contributed by atoms with Crippen molar-refractivity contribution in [3.05, 3.63) is 65.5 Å². The van der Waals surface area contributed by atoms with Crippen LogP contribution in [0.2, 0.25) is 0 Å². The largest absolute Gasteiger partial charge is 0.497 e. The molecule has 29 heavy (non-hydrogen) atoms. The highest BCUT2D eigenvalue weighted by molar-refractivity contribution is 7.22. The molecule has 0 aliphatic carbocycles. The number of thiazole rings is 1. The number of rotatable bonds is 5. The molecule has 0 unspecified atom stereocenters. The number of amides is 1. The highest BCUT2D eigenvalue weighted by Crippen LogP contribution is 2.29. The standard InChI is InChI=1S/C21H18N4O3S/c1-12-18(13(2)25(24-12)14-7-5-4-6-8-14)19(26)20(27)23-21-22-16-10-9-15(28-3)11-17(16)29-21/h4-11H,1-3H3,(H,22,23,27). The number of aryl methyl sites for hydroxylation is 1. The van der Waals surface area contributed by atoms with Gasteiger partial charge in [0.15, 0.2) is 5.13 Å². The molecule has 1 N–H and O–H groups in total. The number of aromatic nitrogens is 3. The number of carbonyl (C=O) groups excluding carboxylic acids is 2. The maximum absolute atomic E-state index is 12.8. The van der Waals surface area contributed by atoms with Gasteiger partial charge in [-0.2, -0.15) is 5.10 Å². The summed E-state index contributed by atoms with van der Waals surface area (Å²) in [4.78, 5) is 29.8. The molecule has 1 amide bonds. The molecule has 2 aromatic carbocycles. The number of carbonyl (C=O) groups is 2. The number of anilines is 1. The van der Waals surface area contributed by atoms with Crippen LogP contribution in [-0.4, -0.2) is 33.6 Å². The van der Waals surface area contributed by atoms with E-state index in [0.29, 0.717) is 27.8 Å². The van der Waals surface area contributed by atoms with Crippen molar-refractivity contribution >= 4 is 38.4 Å². The van der Waals surface area contributed by atoms with Crippen LogP contribution < -0.4 is 10.1 Å². The molecule has 4 rings (SSSR count). The predicted octanol–water partition coefficient (Wildman–Crippen LogP) is 3.93. The first-order chi connectivity index (χ1) is 14.0. The summed E-state index contributed by atoms with van der Waals surface area (Å²) in [6.07, 6.45) is 0. The minimum Gasteiger partial charge on any atom is -0.497 e. The Hall–Kier alpha value is -3.52. The van der Waals surface area contributed by atoms with Gasteiger partial charge < -0.3 is 4.74 Å². The van der Waals surface area contributed by atoms with Crippen LogP contribution in [0.4, 0.5) is 5.13 Å². The van der Waals surface area contributed by atoms with E-state index in [1.165, 1.54) is 11.3 Å². The zero-order valence-electron chi connectivity index (χ0n) is 16.1. The van der Waals surface area contributed by atoms with Gasteiger partial charge in [-0.1, -0.05) is 29.5 Å². The van der Waals surface area contributed by atoms with Crippen molar-refractivity contribution in [3.8, 4) is 11.4 Å². The van der Waals surface area contributed by atoms with Crippen molar-refractivity contribution in [1.29, 1.82) is 0 Å². The Kier molecular flexibility index (Phi) is 4.85. The molecule has 0 atom stereocenters. The lowest BCUT2D eigenvalue weighted by atomic mass is 10.1. The first-order valence-electron chi connectivity index (χ1n) is 8.90. The minimum atomic E-state index is -0.741. The van der Waals surface area contributed by atoms with Crippen LogP contribution in [0.5, 0.6) is 5.75 Å². The molecule has 0 saturated carbocycles. The number of ether oxygens (including phenoxy) is 1. The fourth-order valence-corrected chi connectivity index (χ4v) is 4.03. The topological polar surface area (TPSA) is 86.1 Å². The van der Waals surface area contributed by atoms with Crippen LogP contribution in [0.25, 0.3) is 15.9 Å². The molecule has 0 fully saturated rings. The first-order valence-corrected chi connectivity index (χ1v) is 9.71. The quantitative estimate of drug-likeness (QED) is 0.401. The molecule has 0 bridgehead atoms. The van der Waals surface area contributed by atoms with E-state index < -0.39 is 11.7 Å². The smallest absolute Gasteiger partial charge is 0.298 e. The Labute approximate surface area is 171 Å². The van der Waals surface area contributed by atoms with Gasteiger partial charge in [-0.15, -0.1) is 0 Å². The lowest BCUT2D eigenvalue weighted by molar-refractivity contribution is -0.112. The van der Waals surface area contributed by atoms with E-state index in [1.807, 2.05) is 36.4 Å². The van der Waals surface area contributed by atoms with Gasteiger partial charge in [0.1, 0.15) is 5.75 Å². The number of Topliss-reactive ketones (excluding diaryl/α,β-unsaturated/α-hetero) is 1. The highest BCUT2D eigenvalue weighted by Gasteiger charge is 2.26. The van der Waals surface area contributed by atoms with Gasteiger partial charge in [0.2, 0.25) is 0 Å². The van der Waals surface area contributed by atoms with Crippen LogP contribution in [0.15, 0.2) is 48.5 Å². The maximum Gasteiger partial charge on any atom is 0.298 e. The molecule has 4 aromatic rings. The Morgan fingerprint density at radius 1 is 1.10 bits per heavy atom. The van der Waals surface area contributed by atoms with E-state index in [4.69, 9.17) is 4.74 Å². The van der Waals surface area contributed by atoms with Crippen molar-refractivity contribution in [2.45, 2.75) is 13.8 Å². The summed E-state index contributed by atoms with van der Waals surface area (Å²) in [6, 6.07) is 14.9. The highest BCUT2D eigenvalue weighted by atomic mass is 32.1. The molecule has 2 heterocycles. The van der Waals surface area contributed by atoms with Crippen molar-refractivity contribution in [3.63, 3.8) is 0 Å². The monoisotopic (exact) mass is 406 g/mol. The Bertz CT molecular complexity index is 1230. The van der Waals surface area contributed by atoms with Gasteiger partial charge in [0, 0.05) is 0 Å². The van der Waals surface area contributed by atoms with Crippen molar-refractivity contribution < 1.29 is 14.3 Å². The van der Waals surface area contributed by atoms with Crippen LogP contribution in [-0.2, 0) is 4.79 Å². The second-order valence-electron chi connectivity index (χ2n) is 6.43. The summed E-state index contributed by atoms with van der Waals surface area (Å²) in [7, 11) is 1.59. The average Bonchev–Trinajstić information content (AvgIpc) is 3.26. The molecule has 0 radical (unpaired) electrons. The number of hydrogen-bond acceptors (Lipinski definition) is 6. The molecular formula is C21H18N4O3S. The van der Waals surface area contributed by atoms with Crippen LogP contribution in [0.1, 0.15) is 21.7 Å². The number of fused-ring (bicyclic) bond motifs is 1. The minimum absolute atomic E-state index is 0.300. The number of nitrogens with zero attached hydrogens (tertiary/aromatic N) is 3. The predicted molar refractivity (Wildman–Crippen MR) is 112 cm³/mol. The lowest BCUT2D eigenvalue weighted by Gasteiger charge is -2.05. The molecule has 146 valence electrons. The van der Waals surface area contributed by atoms with Gasteiger partial charge >= 0.3 is 0 Å². The first kappa shape index (κ1) is 18.8. The SMILES string of the molecule is COc1ccc2nc(NC(=O)C(=O)c3c(C)nn(-c4ccccc4)c3C)sc2c1. The summed E-state index contributed by atoms with van der Waals surface area (Å²) in [5.41, 5.74) is 2.97. The van der Waals surface area contributed by atoms with Gasteiger partial charge in [0.05, 0.1) is 40.0 Å². The number of ketones is 1. The van der Waals surface area contributed by atoms with E-state index in [9.17, 15) is 9.59 Å². The van der Waals surface area contributed by atoms with Crippen LogP contribution in [0.3, 0.4) is 0 Å². The number of nitrogens with one attached hydrogen (secondary N) is 1. The number of para-hydroxylation sites is 1. The summed E-state index contributed by atoms with van der Waals surface area (Å²) >= 11 is 1.28. The lowest BCUT2D eigenvalue weighted by Crippen LogP contribution is -2.23. The zero-order valence-corrected chi connectivity index (χ0v) is 16.9. The third kappa shape index (κ3) is 3.50. The van der Waals surface area contributed by atoms with E-state index in [2.05, 4.69) is 15.4 Å². The van der Waals surface area contributed by atoms with Crippen molar-refractivity contribution in [1.82, 2.24) is 14.8 Å². The molecule has 0 saturated heterocycles. The van der Waals surface area contributed by atoms with Gasteiger partial charge in [-0.3, -0.25) is 14.9 Å². The molecule has 2 aromatic heterocycles. The Morgan fingerprint density at radius 2 is 1.86 bits per heavy atom. The van der Waals surface area contributed by atoms with Gasteiger partial charge in [0.25, 0.3) is 11.7 Å². The molecule has 0 spiro atoms. The third-order valence-corrected chi connectivity index (χ3v) is 5.48. The molecular weight excluding hydrogens is 388 g/mol. The normalized spacial score (nSPS) is 10.9. The van der Waals surface area contributed by atoms with Gasteiger partial charge in [-0.05, 0) is 44.2 Å². The number of benzene rings is 2. The fraction of sp³-hybridized carbons (Fsp3) is 0.143. The van der Waals surface area contributed by atoms with Crippen LogP contribution in [0, 0.1) is 13.8 Å². The van der Waals surface area contributed by atoms with Crippen molar-refractivity contribution in [2.24, 2.45) is 0 Å².